The summed E-state index contributed by atoms with van der Waals surface area (Å²) in [4.78, 5) is 3.07. The van der Waals surface area contributed by atoms with E-state index in [2.05, 4.69) is 10.3 Å². The lowest BCUT2D eigenvalue weighted by atomic mass is 10.1. The van der Waals surface area contributed by atoms with Gasteiger partial charge in [0.15, 0.2) is 0 Å². The molecule has 1 heterocycles. The standard InChI is InChI=1S/C13H14F2N2/c14-11-6-10(7-12(15)8-11)3-5-16-9-13-2-1-4-17-13/h1-2,4,6-8,16-17H,3,5,9H2. The summed E-state index contributed by atoms with van der Waals surface area (Å²) < 4.78 is 25.8. The molecule has 0 saturated carbocycles. The average Bonchev–Trinajstić information content (AvgIpc) is 2.76. The molecular weight excluding hydrogens is 222 g/mol. The van der Waals surface area contributed by atoms with E-state index in [9.17, 15) is 8.78 Å². The van der Waals surface area contributed by atoms with Crippen molar-refractivity contribution in [2.45, 2.75) is 13.0 Å². The second-order valence-corrected chi connectivity index (χ2v) is 3.90. The van der Waals surface area contributed by atoms with E-state index >= 15 is 0 Å². The van der Waals surface area contributed by atoms with E-state index in [1.807, 2.05) is 18.3 Å². The van der Waals surface area contributed by atoms with Crippen LogP contribution in [-0.2, 0) is 13.0 Å². The molecule has 4 heteroatoms. The van der Waals surface area contributed by atoms with Gasteiger partial charge in [0.05, 0.1) is 0 Å². The van der Waals surface area contributed by atoms with Gasteiger partial charge in [-0.25, -0.2) is 8.78 Å². The lowest BCUT2D eigenvalue weighted by Gasteiger charge is -2.04. The maximum atomic E-state index is 12.9. The number of halogens is 2. The first-order valence-electron chi connectivity index (χ1n) is 5.52. The van der Waals surface area contributed by atoms with Crippen molar-refractivity contribution < 1.29 is 8.78 Å². The van der Waals surface area contributed by atoms with Crippen molar-refractivity contribution in [3.63, 3.8) is 0 Å². The summed E-state index contributed by atoms with van der Waals surface area (Å²) in [5, 5.41) is 3.20. The van der Waals surface area contributed by atoms with Crippen LogP contribution in [0.25, 0.3) is 0 Å². The summed E-state index contributed by atoms with van der Waals surface area (Å²) in [6.45, 7) is 1.41. The van der Waals surface area contributed by atoms with Gasteiger partial charge in [0.25, 0.3) is 0 Å². The molecule has 0 unspecified atom stereocenters. The molecule has 17 heavy (non-hydrogen) atoms. The van der Waals surface area contributed by atoms with Crippen LogP contribution < -0.4 is 5.32 Å². The van der Waals surface area contributed by atoms with E-state index in [0.717, 1.165) is 18.3 Å². The van der Waals surface area contributed by atoms with Gasteiger partial charge in [-0.2, -0.15) is 0 Å². The second kappa shape index (κ2) is 5.59. The Hall–Kier alpha value is -1.68. The van der Waals surface area contributed by atoms with Gasteiger partial charge >= 0.3 is 0 Å². The first kappa shape index (κ1) is 11.8. The van der Waals surface area contributed by atoms with Crippen LogP contribution >= 0.6 is 0 Å². The highest BCUT2D eigenvalue weighted by atomic mass is 19.1. The zero-order valence-corrected chi connectivity index (χ0v) is 9.34. The molecule has 0 aliphatic rings. The van der Waals surface area contributed by atoms with Gasteiger partial charge in [-0.3, -0.25) is 0 Å². The van der Waals surface area contributed by atoms with Crippen LogP contribution in [0.1, 0.15) is 11.3 Å². The summed E-state index contributed by atoms with van der Waals surface area (Å²) in [6.07, 6.45) is 2.47. The van der Waals surface area contributed by atoms with Crippen molar-refractivity contribution in [2.75, 3.05) is 6.54 Å². The first-order chi connectivity index (χ1) is 8.24. The largest absolute Gasteiger partial charge is 0.364 e. The van der Waals surface area contributed by atoms with E-state index < -0.39 is 11.6 Å². The number of H-pyrrole nitrogens is 1. The summed E-state index contributed by atoms with van der Waals surface area (Å²) in [7, 11) is 0. The molecule has 0 aliphatic carbocycles. The smallest absolute Gasteiger partial charge is 0.126 e. The molecule has 2 nitrogen and oxygen atoms in total. The van der Waals surface area contributed by atoms with E-state index in [-0.39, 0.29) is 0 Å². The molecule has 0 radical (unpaired) electrons. The molecule has 1 aromatic carbocycles. The van der Waals surface area contributed by atoms with Crippen LogP contribution in [-0.4, -0.2) is 11.5 Å². The maximum Gasteiger partial charge on any atom is 0.126 e. The average molecular weight is 236 g/mol. The highest BCUT2D eigenvalue weighted by Gasteiger charge is 2.00. The Morgan fingerprint density at radius 2 is 1.88 bits per heavy atom. The molecule has 2 N–H and O–H groups in total. The Morgan fingerprint density at radius 1 is 1.12 bits per heavy atom. The Bertz CT molecular complexity index is 446. The molecule has 0 aliphatic heterocycles. The van der Waals surface area contributed by atoms with Crippen LogP contribution in [0.5, 0.6) is 0 Å². The first-order valence-corrected chi connectivity index (χ1v) is 5.52. The third kappa shape index (κ3) is 3.67. The van der Waals surface area contributed by atoms with Crippen LogP contribution in [0.3, 0.4) is 0 Å². The van der Waals surface area contributed by atoms with Crippen molar-refractivity contribution in [1.29, 1.82) is 0 Å². The van der Waals surface area contributed by atoms with Crippen molar-refractivity contribution in [1.82, 2.24) is 10.3 Å². The quantitative estimate of drug-likeness (QED) is 0.767. The molecule has 0 atom stereocenters. The maximum absolute atomic E-state index is 12.9. The van der Waals surface area contributed by atoms with E-state index in [1.165, 1.54) is 12.1 Å². The normalized spacial score (nSPS) is 10.7. The molecule has 0 spiro atoms. The molecule has 90 valence electrons. The molecule has 0 fully saturated rings. The van der Waals surface area contributed by atoms with Gasteiger partial charge in [-0.1, -0.05) is 0 Å². The lowest BCUT2D eigenvalue weighted by molar-refractivity contribution is 0.577. The zero-order chi connectivity index (χ0) is 12.1. The summed E-state index contributed by atoms with van der Waals surface area (Å²) in [6, 6.07) is 7.52. The highest BCUT2D eigenvalue weighted by Crippen LogP contribution is 2.08. The predicted molar refractivity (Wildman–Crippen MR) is 62.6 cm³/mol. The molecule has 0 bridgehead atoms. The van der Waals surface area contributed by atoms with Crippen LogP contribution in [0.4, 0.5) is 8.78 Å². The van der Waals surface area contributed by atoms with Crippen molar-refractivity contribution in [2.24, 2.45) is 0 Å². The summed E-state index contributed by atoms with van der Waals surface area (Å²) in [5.74, 6) is -1.05. The topological polar surface area (TPSA) is 27.8 Å². The Balaban J connectivity index is 1.78. The third-order valence-corrected chi connectivity index (χ3v) is 2.49. The SMILES string of the molecule is Fc1cc(F)cc(CCNCc2ccc[nH]2)c1. The van der Waals surface area contributed by atoms with Crippen LogP contribution in [0, 0.1) is 11.6 Å². The van der Waals surface area contributed by atoms with Crippen LogP contribution in [0.15, 0.2) is 36.5 Å². The molecular formula is C13H14F2N2. The summed E-state index contributed by atoms with van der Waals surface area (Å²) in [5.41, 5.74) is 1.76. The molecule has 1 aromatic heterocycles. The Morgan fingerprint density at radius 3 is 2.53 bits per heavy atom. The molecule has 0 amide bonds. The van der Waals surface area contributed by atoms with Crippen molar-refractivity contribution in [3.8, 4) is 0 Å². The predicted octanol–water partition coefficient (Wildman–Crippen LogP) is 2.63. The van der Waals surface area contributed by atoms with Gasteiger partial charge in [0.1, 0.15) is 11.6 Å². The van der Waals surface area contributed by atoms with Gasteiger partial charge in [-0.05, 0) is 42.8 Å². The number of aromatic amines is 1. The van der Waals surface area contributed by atoms with Crippen LogP contribution in [0.2, 0.25) is 0 Å². The van der Waals surface area contributed by atoms with Gasteiger partial charge in [0, 0.05) is 24.5 Å². The van der Waals surface area contributed by atoms with Gasteiger partial charge < -0.3 is 10.3 Å². The number of hydrogen-bond acceptors (Lipinski definition) is 1. The number of aromatic nitrogens is 1. The summed E-state index contributed by atoms with van der Waals surface area (Å²) >= 11 is 0. The number of hydrogen-bond donors (Lipinski definition) is 2. The van der Waals surface area contributed by atoms with Gasteiger partial charge in [0.2, 0.25) is 0 Å². The van der Waals surface area contributed by atoms with Crippen molar-refractivity contribution in [3.05, 3.63) is 59.4 Å². The highest BCUT2D eigenvalue weighted by molar-refractivity contribution is 5.18. The fraction of sp³-hybridized carbons (Fsp3) is 0.231. The van der Waals surface area contributed by atoms with E-state index in [4.69, 9.17) is 0 Å². The monoisotopic (exact) mass is 236 g/mol. The fourth-order valence-electron chi connectivity index (χ4n) is 1.69. The number of benzene rings is 1. The Labute approximate surface area is 98.7 Å². The van der Waals surface area contributed by atoms with Crippen molar-refractivity contribution >= 4 is 0 Å². The minimum atomic E-state index is -0.524. The molecule has 2 aromatic rings. The fourth-order valence-corrected chi connectivity index (χ4v) is 1.69. The van der Waals surface area contributed by atoms with Gasteiger partial charge in [-0.15, -0.1) is 0 Å². The second-order valence-electron chi connectivity index (χ2n) is 3.90. The lowest BCUT2D eigenvalue weighted by Crippen LogP contribution is -2.16. The minimum absolute atomic E-state index is 0.524. The van der Waals surface area contributed by atoms with E-state index in [0.29, 0.717) is 18.5 Å². The number of rotatable bonds is 5. The number of nitrogens with one attached hydrogen (secondary N) is 2. The molecule has 0 saturated heterocycles. The zero-order valence-electron chi connectivity index (χ0n) is 9.34. The third-order valence-electron chi connectivity index (χ3n) is 2.49. The Kier molecular flexibility index (Phi) is 3.88. The minimum Gasteiger partial charge on any atom is -0.364 e. The van der Waals surface area contributed by atoms with E-state index in [1.54, 1.807) is 0 Å². The molecule has 2 rings (SSSR count).